The van der Waals surface area contributed by atoms with Crippen LogP contribution in [-0.4, -0.2) is 6.61 Å². The molecule has 0 saturated heterocycles. The molecule has 2 aromatic rings. The Bertz CT molecular complexity index is 941. The SMILES string of the molecule is CCCC1CCC(C2C=CC(c3ccc(CCc4ccc(OCC)c(F)c4F)cc3)CC2)CC1. The molecule has 1 nitrogen and oxygen atoms in total. The molecule has 0 N–H and O–H groups in total. The molecule has 2 unspecified atom stereocenters. The number of aryl methyl sites for hydroxylation is 2. The summed E-state index contributed by atoms with van der Waals surface area (Å²) in [5, 5.41) is 0. The molecule has 0 radical (unpaired) electrons. The van der Waals surface area contributed by atoms with Crippen LogP contribution in [0.15, 0.2) is 48.6 Å². The fourth-order valence-corrected chi connectivity index (χ4v) is 6.07. The van der Waals surface area contributed by atoms with Crippen molar-refractivity contribution < 1.29 is 13.5 Å². The zero-order chi connectivity index (χ0) is 23.9. The van der Waals surface area contributed by atoms with Crippen molar-refractivity contribution >= 4 is 0 Å². The maximum absolute atomic E-state index is 14.4. The lowest BCUT2D eigenvalue weighted by Gasteiger charge is -2.35. The van der Waals surface area contributed by atoms with Gasteiger partial charge in [0.15, 0.2) is 11.6 Å². The smallest absolute Gasteiger partial charge is 0.200 e. The van der Waals surface area contributed by atoms with Crippen LogP contribution in [0.1, 0.15) is 87.8 Å². The molecule has 0 heterocycles. The molecular formula is C31H40F2O. The van der Waals surface area contributed by atoms with Gasteiger partial charge in [0.25, 0.3) is 0 Å². The van der Waals surface area contributed by atoms with Crippen molar-refractivity contribution in [2.24, 2.45) is 17.8 Å². The molecular weight excluding hydrogens is 426 g/mol. The summed E-state index contributed by atoms with van der Waals surface area (Å²) in [4.78, 5) is 0. The van der Waals surface area contributed by atoms with E-state index in [9.17, 15) is 8.78 Å². The van der Waals surface area contributed by atoms with Gasteiger partial charge in [-0.15, -0.1) is 0 Å². The van der Waals surface area contributed by atoms with Crippen molar-refractivity contribution in [3.63, 3.8) is 0 Å². The zero-order valence-corrected chi connectivity index (χ0v) is 20.9. The van der Waals surface area contributed by atoms with Gasteiger partial charge in [0.1, 0.15) is 0 Å². The highest BCUT2D eigenvalue weighted by atomic mass is 19.2. The van der Waals surface area contributed by atoms with Gasteiger partial charge in [0.2, 0.25) is 5.82 Å². The molecule has 0 aromatic heterocycles. The van der Waals surface area contributed by atoms with Gasteiger partial charge in [-0.3, -0.25) is 0 Å². The second-order valence-electron chi connectivity index (χ2n) is 10.3. The second-order valence-corrected chi connectivity index (χ2v) is 10.3. The van der Waals surface area contributed by atoms with E-state index in [-0.39, 0.29) is 5.75 Å². The van der Waals surface area contributed by atoms with Gasteiger partial charge in [0.05, 0.1) is 6.61 Å². The predicted octanol–water partition coefficient (Wildman–Crippen LogP) is 8.81. The summed E-state index contributed by atoms with van der Waals surface area (Å²) in [5.41, 5.74) is 2.91. The summed E-state index contributed by atoms with van der Waals surface area (Å²) < 4.78 is 33.6. The normalized spacial score (nSPS) is 24.8. The standard InChI is InChI=1S/C31H40F2O/c1-3-5-22-6-11-24(12-7-22)26-16-18-27(19-17-26)25-13-8-23(9-14-25)10-15-28-20-21-29(34-4-2)31(33)30(28)32/h8-9,13-14,16,18,20-22,24,26-27H,3-7,10-12,15,17,19H2,1-2H3. The van der Waals surface area contributed by atoms with Gasteiger partial charge >= 0.3 is 0 Å². The fraction of sp³-hybridized carbons (Fsp3) is 0.548. The maximum atomic E-state index is 14.4. The third-order valence-electron chi connectivity index (χ3n) is 8.11. The molecule has 34 heavy (non-hydrogen) atoms. The molecule has 0 amide bonds. The van der Waals surface area contributed by atoms with Crippen LogP contribution in [0.3, 0.4) is 0 Å². The van der Waals surface area contributed by atoms with Gasteiger partial charge in [0, 0.05) is 5.92 Å². The lowest BCUT2D eigenvalue weighted by molar-refractivity contribution is 0.209. The Morgan fingerprint density at radius 3 is 2.21 bits per heavy atom. The molecule has 0 bridgehead atoms. The van der Waals surface area contributed by atoms with E-state index >= 15 is 0 Å². The Hall–Kier alpha value is -2.16. The summed E-state index contributed by atoms with van der Waals surface area (Å²) in [5.74, 6) is 1.45. The van der Waals surface area contributed by atoms with Crippen LogP contribution in [0, 0.1) is 29.4 Å². The predicted molar refractivity (Wildman–Crippen MR) is 136 cm³/mol. The Labute approximate surface area is 204 Å². The van der Waals surface area contributed by atoms with E-state index in [1.165, 1.54) is 63.0 Å². The molecule has 0 aliphatic heterocycles. The van der Waals surface area contributed by atoms with Gasteiger partial charge in [-0.1, -0.05) is 75.1 Å². The third-order valence-corrected chi connectivity index (χ3v) is 8.11. The highest BCUT2D eigenvalue weighted by molar-refractivity contribution is 5.33. The van der Waals surface area contributed by atoms with Crippen LogP contribution in [0.25, 0.3) is 0 Å². The Morgan fingerprint density at radius 1 is 0.794 bits per heavy atom. The number of halogens is 2. The molecule has 4 rings (SSSR count). The molecule has 0 spiro atoms. The minimum Gasteiger partial charge on any atom is -0.491 e. The van der Waals surface area contributed by atoms with Crippen LogP contribution >= 0.6 is 0 Å². The first-order valence-corrected chi connectivity index (χ1v) is 13.5. The number of rotatable bonds is 9. The summed E-state index contributed by atoms with van der Waals surface area (Å²) in [6.07, 6.45) is 17.1. The Kier molecular flexibility index (Phi) is 8.80. The highest BCUT2D eigenvalue weighted by Crippen LogP contribution is 2.41. The van der Waals surface area contributed by atoms with E-state index in [1.807, 2.05) is 0 Å². The van der Waals surface area contributed by atoms with E-state index in [1.54, 1.807) is 13.0 Å². The van der Waals surface area contributed by atoms with Crippen LogP contribution < -0.4 is 4.74 Å². The quantitative estimate of drug-likeness (QED) is 0.336. The van der Waals surface area contributed by atoms with E-state index in [2.05, 4.69) is 43.3 Å². The molecule has 1 saturated carbocycles. The molecule has 2 atom stereocenters. The van der Waals surface area contributed by atoms with Crippen molar-refractivity contribution in [3.05, 3.63) is 76.9 Å². The van der Waals surface area contributed by atoms with Gasteiger partial charge < -0.3 is 4.74 Å². The summed E-state index contributed by atoms with van der Waals surface area (Å²) >= 11 is 0. The average molecular weight is 467 g/mol. The number of allylic oxidation sites excluding steroid dienone is 2. The molecule has 2 aliphatic rings. The van der Waals surface area contributed by atoms with Crippen molar-refractivity contribution in [2.75, 3.05) is 6.61 Å². The van der Waals surface area contributed by atoms with E-state index in [0.29, 0.717) is 30.9 Å². The van der Waals surface area contributed by atoms with Crippen LogP contribution in [-0.2, 0) is 12.8 Å². The lowest BCUT2D eigenvalue weighted by atomic mass is 9.70. The fourth-order valence-electron chi connectivity index (χ4n) is 6.07. The maximum Gasteiger partial charge on any atom is 0.200 e. The Morgan fingerprint density at radius 2 is 1.56 bits per heavy atom. The minimum absolute atomic E-state index is 0.0138. The lowest BCUT2D eigenvalue weighted by Crippen LogP contribution is -2.22. The number of hydrogen-bond acceptors (Lipinski definition) is 1. The van der Waals surface area contributed by atoms with E-state index < -0.39 is 11.6 Å². The van der Waals surface area contributed by atoms with Crippen LogP contribution in [0.5, 0.6) is 5.75 Å². The number of benzene rings is 2. The summed E-state index contributed by atoms with van der Waals surface area (Å²) in [7, 11) is 0. The molecule has 2 aromatic carbocycles. The van der Waals surface area contributed by atoms with Crippen molar-refractivity contribution in [1.82, 2.24) is 0 Å². The Balaban J connectivity index is 1.29. The topological polar surface area (TPSA) is 9.23 Å². The highest BCUT2D eigenvalue weighted by Gasteiger charge is 2.28. The molecule has 1 fully saturated rings. The first kappa shape index (κ1) is 24.9. The number of hydrogen-bond donors (Lipinski definition) is 0. The monoisotopic (exact) mass is 466 g/mol. The molecule has 3 heteroatoms. The molecule has 184 valence electrons. The molecule has 2 aliphatic carbocycles. The van der Waals surface area contributed by atoms with E-state index in [4.69, 9.17) is 4.74 Å². The van der Waals surface area contributed by atoms with Gasteiger partial charge in [-0.05, 0) is 86.0 Å². The third kappa shape index (κ3) is 6.09. The summed E-state index contributed by atoms with van der Waals surface area (Å²) in [6.45, 7) is 4.39. The van der Waals surface area contributed by atoms with Crippen molar-refractivity contribution in [2.45, 2.75) is 84.0 Å². The van der Waals surface area contributed by atoms with Gasteiger partial charge in [-0.25, -0.2) is 4.39 Å². The minimum atomic E-state index is -0.883. The second kappa shape index (κ2) is 12.0. The van der Waals surface area contributed by atoms with Crippen LogP contribution in [0.2, 0.25) is 0 Å². The number of ether oxygens (including phenoxy) is 1. The van der Waals surface area contributed by atoms with Gasteiger partial charge in [-0.2, -0.15) is 4.39 Å². The largest absolute Gasteiger partial charge is 0.491 e. The first-order valence-electron chi connectivity index (χ1n) is 13.5. The van der Waals surface area contributed by atoms with E-state index in [0.717, 1.165) is 23.3 Å². The van der Waals surface area contributed by atoms with Crippen molar-refractivity contribution in [3.8, 4) is 5.75 Å². The van der Waals surface area contributed by atoms with Crippen molar-refractivity contribution in [1.29, 1.82) is 0 Å². The average Bonchev–Trinajstić information content (AvgIpc) is 2.88. The summed E-state index contributed by atoms with van der Waals surface area (Å²) in [6, 6.07) is 11.9. The first-order chi connectivity index (χ1) is 16.6. The van der Waals surface area contributed by atoms with Crippen LogP contribution in [0.4, 0.5) is 8.78 Å². The zero-order valence-electron chi connectivity index (χ0n) is 20.9.